The molecule has 178 valence electrons. The molecule has 1 N–H and O–H groups in total. The first kappa shape index (κ1) is 24.8. The van der Waals surface area contributed by atoms with Gasteiger partial charge < -0.3 is 15.0 Å². The first-order chi connectivity index (χ1) is 15.1. The molecule has 0 saturated carbocycles. The monoisotopic (exact) mass is 467 g/mol. The van der Waals surface area contributed by atoms with E-state index in [4.69, 9.17) is 16.3 Å². The molecule has 1 unspecified atom stereocenters. The number of nitrogens with zero attached hydrogens (tertiary/aromatic N) is 2. The van der Waals surface area contributed by atoms with Gasteiger partial charge >= 0.3 is 6.09 Å². The molecule has 0 bridgehead atoms. The minimum absolute atomic E-state index is 0.0441. The average Bonchev–Trinajstić information content (AvgIpc) is 3.24. The summed E-state index contributed by atoms with van der Waals surface area (Å²) in [4.78, 5) is 28.8. The standard InChI is InChI=1S/C24H35ClFN3O3/c1-24(2,3)32-23(31)29-13-9-17(10-14-29)15-21(30)27-16-20(28-11-4-5-12-28)22-18(25)7-6-8-19(22)26/h6-8,17,20H,4-5,9-16H2,1-3H3,(H,27,30). The summed E-state index contributed by atoms with van der Waals surface area (Å²) in [5.41, 5.74) is -0.0529. The molecule has 2 aliphatic rings. The summed E-state index contributed by atoms with van der Waals surface area (Å²) < 4.78 is 20.0. The molecule has 32 heavy (non-hydrogen) atoms. The second kappa shape index (κ2) is 10.8. The van der Waals surface area contributed by atoms with Gasteiger partial charge in [0.2, 0.25) is 5.91 Å². The molecule has 0 aliphatic carbocycles. The molecule has 1 aromatic carbocycles. The normalized spacial score (nSPS) is 19.1. The number of halogens is 2. The second-order valence-corrected chi connectivity index (χ2v) is 10.2. The number of piperidine rings is 1. The van der Waals surface area contributed by atoms with E-state index in [2.05, 4.69) is 10.2 Å². The van der Waals surface area contributed by atoms with Gasteiger partial charge in [0.15, 0.2) is 0 Å². The minimum Gasteiger partial charge on any atom is -0.444 e. The van der Waals surface area contributed by atoms with E-state index < -0.39 is 5.60 Å². The van der Waals surface area contributed by atoms with E-state index in [-0.39, 0.29) is 29.8 Å². The predicted octanol–water partition coefficient (Wildman–Crippen LogP) is 4.77. The number of likely N-dealkylation sites (tertiary alicyclic amines) is 2. The van der Waals surface area contributed by atoms with Crippen molar-refractivity contribution in [2.45, 2.75) is 64.5 Å². The van der Waals surface area contributed by atoms with Crippen LogP contribution in [0.5, 0.6) is 0 Å². The maximum absolute atomic E-state index is 14.6. The van der Waals surface area contributed by atoms with Crippen molar-refractivity contribution in [1.82, 2.24) is 15.1 Å². The van der Waals surface area contributed by atoms with E-state index in [9.17, 15) is 14.0 Å². The van der Waals surface area contributed by atoms with Gasteiger partial charge in [0.05, 0.1) is 6.04 Å². The zero-order chi connectivity index (χ0) is 23.3. The Morgan fingerprint density at radius 3 is 2.44 bits per heavy atom. The SMILES string of the molecule is CC(C)(C)OC(=O)N1CCC(CC(=O)NCC(c2c(F)cccc2Cl)N2CCCC2)CC1. The van der Waals surface area contributed by atoms with Gasteiger partial charge in [-0.1, -0.05) is 17.7 Å². The van der Waals surface area contributed by atoms with Gasteiger partial charge in [-0.15, -0.1) is 0 Å². The molecule has 2 heterocycles. The number of rotatable bonds is 6. The van der Waals surface area contributed by atoms with Crippen LogP contribution in [0.2, 0.25) is 5.02 Å². The predicted molar refractivity (Wildman–Crippen MR) is 123 cm³/mol. The Balaban J connectivity index is 1.51. The van der Waals surface area contributed by atoms with Gasteiger partial charge in [0, 0.05) is 36.6 Å². The van der Waals surface area contributed by atoms with Crippen molar-refractivity contribution < 1.29 is 18.7 Å². The van der Waals surface area contributed by atoms with Crippen LogP contribution >= 0.6 is 11.6 Å². The maximum Gasteiger partial charge on any atom is 0.410 e. The number of amides is 2. The quantitative estimate of drug-likeness (QED) is 0.654. The molecule has 2 aliphatic heterocycles. The number of benzene rings is 1. The summed E-state index contributed by atoms with van der Waals surface area (Å²) >= 11 is 6.33. The molecule has 2 amide bonds. The van der Waals surface area contributed by atoms with Crippen molar-refractivity contribution in [1.29, 1.82) is 0 Å². The van der Waals surface area contributed by atoms with E-state index in [1.54, 1.807) is 17.0 Å². The van der Waals surface area contributed by atoms with E-state index in [1.807, 2.05) is 20.8 Å². The summed E-state index contributed by atoms with van der Waals surface area (Å²) in [6.07, 6.45) is 3.76. The van der Waals surface area contributed by atoms with Crippen LogP contribution in [0, 0.1) is 11.7 Å². The van der Waals surface area contributed by atoms with Crippen molar-refractivity contribution in [2.24, 2.45) is 5.92 Å². The lowest BCUT2D eigenvalue weighted by atomic mass is 9.93. The van der Waals surface area contributed by atoms with Crippen LogP contribution in [0.4, 0.5) is 9.18 Å². The van der Waals surface area contributed by atoms with Crippen LogP contribution in [0.25, 0.3) is 0 Å². The van der Waals surface area contributed by atoms with E-state index >= 15 is 0 Å². The second-order valence-electron chi connectivity index (χ2n) is 9.81. The largest absolute Gasteiger partial charge is 0.444 e. The van der Waals surface area contributed by atoms with Gasteiger partial charge in [-0.3, -0.25) is 9.69 Å². The Labute approximate surface area is 195 Å². The van der Waals surface area contributed by atoms with Crippen molar-refractivity contribution >= 4 is 23.6 Å². The third-order valence-electron chi connectivity index (χ3n) is 6.15. The van der Waals surface area contributed by atoms with Crippen molar-refractivity contribution in [3.8, 4) is 0 Å². The lowest BCUT2D eigenvalue weighted by molar-refractivity contribution is -0.122. The third-order valence-corrected chi connectivity index (χ3v) is 6.48. The number of carbonyl (C=O) groups is 2. The molecule has 3 rings (SSSR count). The highest BCUT2D eigenvalue weighted by molar-refractivity contribution is 6.31. The minimum atomic E-state index is -0.513. The highest BCUT2D eigenvalue weighted by Crippen LogP contribution is 2.32. The van der Waals surface area contributed by atoms with E-state index in [0.717, 1.165) is 38.8 Å². The molecule has 8 heteroatoms. The molecule has 0 radical (unpaired) electrons. The van der Waals surface area contributed by atoms with Gasteiger partial charge in [-0.25, -0.2) is 9.18 Å². The summed E-state index contributed by atoms with van der Waals surface area (Å²) in [6.45, 7) is 8.81. The summed E-state index contributed by atoms with van der Waals surface area (Å²) in [6, 6.07) is 4.45. The molecular formula is C24H35ClFN3O3. The molecule has 1 atom stereocenters. The Hall–Kier alpha value is -1.86. The highest BCUT2D eigenvalue weighted by atomic mass is 35.5. The Bertz CT molecular complexity index is 780. The van der Waals surface area contributed by atoms with Gasteiger partial charge in [-0.05, 0) is 77.6 Å². The van der Waals surface area contributed by atoms with Crippen molar-refractivity contribution in [2.75, 3.05) is 32.7 Å². The smallest absolute Gasteiger partial charge is 0.410 e. The fraction of sp³-hybridized carbons (Fsp3) is 0.667. The van der Waals surface area contributed by atoms with E-state index in [0.29, 0.717) is 36.6 Å². The lowest BCUT2D eigenvalue weighted by Gasteiger charge is -2.33. The maximum atomic E-state index is 14.6. The number of carbonyl (C=O) groups excluding carboxylic acids is 2. The van der Waals surface area contributed by atoms with Crippen LogP contribution in [0.3, 0.4) is 0 Å². The molecule has 0 aromatic heterocycles. The van der Waals surface area contributed by atoms with Gasteiger partial charge in [0.25, 0.3) is 0 Å². The number of ether oxygens (including phenoxy) is 1. The van der Waals surface area contributed by atoms with Crippen molar-refractivity contribution in [3.63, 3.8) is 0 Å². The summed E-state index contributed by atoms with van der Waals surface area (Å²) in [5.74, 6) is -0.161. The molecule has 2 saturated heterocycles. The first-order valence-corrected chi connectivity index (χ1v) is 11.9. The topological polar surface area (TPSA) is 61.9 Å². The number of hydrogen-bond acceptors (Lipinski definition) is 4. The lowest BCUT2D eigenvalue weighted by Crippen LogP contribution is -2.43. The molecule has 2 fully saturated rings. The number of hydrogen-bond donors (Lipinski definition) is 1. The van der Waals surface area contributed by atoms with Crippen LogP contribution in [0.1, 0.15) is 64.5 Å². The Morgan fingerprint density at radius 1 is 1.19 bits per heavy atom. The van der Waals surface area contributed by atoms with Gasteiger partial charge in [0.1, 0.15) is 11.4 Å². The number of nitrogens with one attached hydrogen (secondary N) is 1. The van der Waals surface area contributed by atoms with Gasteiger partial charge in [-0.2, -0.15) is 0 Å². The Morgan fingerprint density at radius 2 is 1.84 bits per heavy atom. The van der Waals surface area contributed by atoms with Crippen LogP contribution in [-0.2, 0) is 9.53 Å². The zero-order valence-corrected chi connectivity index (χ0v) is 20.1. The molecule has 1 aromatic rings. The Kier molecular flexibility index (Phi) is 8.39. The zero-order valence-electron chi connectivity index (χ0n) is 19.3. The van der Waals surface area contributed by atoms with Crippen LogP contribution in [-0.4, -0.2) is 60.1 Å². The summed E-state index contributed by atoms with van der Waals surface area (Å²) in [7, 11) is 0. The van der Waals surface area contributed by atoms with Crippen molar-refractivity contribution in [3.05, 3.63) is 34.6 Å². The fourth-order valence-corrected chi connectivity index (χ4v) is 4.78. The summed E-state index contributed by atoms with van der Waals surface area (Å²) in [5, 5.41) is 3.41. The van der Waals surface area contributed by atoms with Crippen LogP contribution < -0.4 is 5.32 Å². The molecule has 6 nitrogen and oxygen atoms in total. The third kappa shape index (κ3) is 6.82. The van der Waals surface area contributed by atoms with E-state index in [1.165, 1.54) is 6.07 Å². The molecular weight excluding hydrogens is 433 g/mol. The fourth-order valence-electron chi connectivity index (χ4n) is 4.49. The highest BCUT2D eigenvalue weighted by Gasteiger charge is 2.30. The average molecular weight is 468 g/mol. The van der Waals surface area contributed by atoms with Crippen LogP contribution in [0.15, 0.2) is 18.2 Å². The molecule has 0 spiro atoms. The first-order valence-electron chi connectivity index (χ1n) is 11.6.